The van der Waals surface area contributed by atoms with E-state index in [1.807, 2.05) is 28.7 Å². The van der Waals surface area contributed by atoms with Crippen LogP contribution >= 0.6 is 22.9 Å². The minimum atomic E-state index is -0.492. The molecule has 0 saturated carbocycles. The van der Waals surface area contributed by atoms with Gasteiger partial charge in [-0.3, -0.25) is 4.79 Å². The van der Waals surface area contributed by atoms with Crippen molar-refractivity contribution < 1.29 is 23.8 Å². The first-order chi connectivity index (χ1) is 19.3. The lowest BCUT2D eigenvalue weighted by Crippen LogP contribution is -2.55. The Labute approximate surface area is 241 Å². The van der Waals surface area contributed by atoms with E-state index in [-0.39, 0.29) is 28.4 Å². The van der Waals surface area contributed by atoms with Crippen molar-refractivity contribution in [3.05, 3.63) is 39.2 Å². The van der Waals surface area contributed by atoms with Crippen LogP contribution in [0.3, 0.4) is 0 Å². The van der Waals surface area contributed by atoms with E-state index in [4.69, 9.17) is 30.8 Å². The average Bonchev–Trinajstić information content (AvgIpc) is 3.68. The molecule has 1 saturated heterocycles. The number of aromatic amines is 1. The molecule has 0 aromatic carbocycles. The lowest BCUT2D eigenvalue weighted by molar-refractivity contribution is 0.0205. The van der Waals surface area contributed by atoms with Crippen LogP contribution in [0.2, 0.25) is 5.02 Å². The molecule has 1 amide bonds. The molecule has 40 heavy (non-hydrogen) atoms. The molecule has 1 fully saturated rings. The fourth-order valence-corrected chi connectivity index (χ4v) is 5.73. The zero-order valence-electron chi connectivity index (χ0n) is 22.8. The number of halogens is 1. The number of carbonyl (C=O) groups excluding carboxylic acids is 2. The molecule has 4 heterocycles. The highest BCUT2D eigenvalue weighted by Crippen LogP contribution is 2.35. The number of nitriles is 1. The van der Waals surface area contributed by atoms with Crippen molar-refractivity contribution in [2.75, 3.05) is 45.4 Å². The summed E-state index contributed by atoms with van der Waals surface area (Å²) in [4.78, 5) is 40.4. The summed E-state index contributed by atoms with van der Waals surface area (Å²) in [5, 5.41) is 13.4. The van der Waals surface area contributed by atoms with Gasteiger partial charge in [0.2, 0.25) is 0 Å². The highest BCUT2D eigenvalue weighted by atomic mass is 35.5. The fraction of sp³-hybridized carbons (Fsp3) is 0.500. The number of esters is 1. The third kappa shape index (κ3) is 6.15. The lowest BCUT2D eigenvalue weighted by atomic mass is 10.0. The zero-order valence-corrected chi connectivity index (χ0v) is 24.4. The van der Waals surface area contributed by atoms with Gasteiger partial charge in [-0.05, 0) is 19.8 Å². The molecule has 1 aliphatic rings. The van der Waals surface area contributed by atoms with E-state index in [2.05, 4.69) is 15.3 Å². The number of imidazole rings is 1. The molecule has 14 heteroatoms. The van der Waals surface area contributed by atoms with E-state index in [9.17, 15) is 14.9 Å². The van der Waals surface area contributed by atoms with Gasteiger partial charge in [0, 0.05) is 51.4 Å². The molecular formula is C26H32ClN7O5S. The molecule has 3 aromatic heterocycles. The highest BCUT2D eigenvalue weighted by Gasteiger charge is 2.35. The van der Waals surface area contributed by atoms with E-state index >= 15 is 0 Å². The van der Waals surface area contributed by atoms with Gasteiger partial charge in [0.15, 0.2) is 11.0 Å². The van der Waals surface area contributed by atoms with Gasteiger partial charge >= 0.3 is 5.97 Å². The Kier molecular flexibility index (Phi) is 9.80. The summed E-state index contributed by atoms with van der Waals surface area (Å²) in [6.45, 7) is 6.25. The highest BCUT2D eigenvalue weighted by molar-refractivity contribution is 7.17. The van der Waals surface area contributed by atoms with Gasteiger partial charge in [0.05, 0.1) is 30.9 Å². The predicted molar refractivity (Wildman–Crippen MR) is 150 cm³/mol. The number of piperidine rings is 1. The summed E-state index contributed by atoms with van der Waals surface area (Å²) in [5.74, 6) is -0.356. The summed E-state index contributed by atoms with van der Waals surface area (Å²) in [5.41, 5.74) is 1.26. The molecule has 0 spiro atoms. The molecule has 12 nitrogen and oxygen atoms in total. The summed E-state index contributed by atoms with van der Waals surface area (Å²) in [6.07, 6.45) is 4.48. The van der Waals surface area contributed by atoms with E-state index in [1.54, 1.807) is 20.2 Å². The number of hydrogen-bond acceptors (Lipinski definition) is 10. The standard InChI is InChI=1S/C26H32ClN7O5S/c1-5-11-39-18-14-34(8-6-17(18)31-24(35)20-16(13-28)19(27)15(2)30-20)26-32-21(22(40-26)25(36)38-4)23-29-7-9-33(23)10-12-37-3/h7,9,17-18,30H,5-6,8,10-12,14H2,1-4H3,(H,31,35)/t17-,18?/m1/s1. The third-order valence-corrected chi connectivity index (χ3v) is 8.15. The number of methoxy groups -OCH3 is 2. The summed E-state index contributed by atoms with van der Waals surface area (Å²) in [7, 11) is 2.96. The van der Waals surface area contributed by atoms with Crippen molar-refractivity contribution in [2.45, 2.75) is 45.4 Å². The largest absolute Gasteiger partial charge is 0.465 e. The molecule has 4 rings (SSSR count). The number of rotatable bonds is 11. The Morgan fingerprint density at radius 2 is 2.15 bits per heavy atom. The Hall–Kier alpha value is -3.44. The number of nitrogens with zero attached hydrogens (tertiary/aromatic N) is 5. The number of aryl methyl sites for hydroxylation is 1. The molecule has 2 atom stereocenters. The second-order valence-corrected chi connectivity index (χ2v) is 10.6. The number of ether oxygens (including phenoxy) is 3. The summed E-state index contributed by atoms with van der Waals surface area (Å²) in [6, 6.07) is 1.69. The van der Waals surface area contributed by atoms with Crippen LogP contribution in [-0.4, -0.2) is 84.1 Å². The fourth-order valence-electron chi connectivity index (χ4n) is 4.53. The minimum Gasteiger partial charge on any atom is -0.465 e. The molecule has 1 aliphatic heterocycles. The minimum absolute atomic E-state index is 0.120. The molecule has 214 valence electrons. The smallest absolute Gasteiger partial charge is 0.350 e. The van der Waals surface area contributed by atoms with Crippen molar-refractivity contribution in [3.8, 4) is 17.6 Å². The van der Waals surface area contributed by atoms with Crippen LogP contribution in [0.1, 0.15) is 51.2 Å². The van der Waals surface area contributed by atoms with Gasteiger partial charge < -0.3 is 34.0 Å². The van der Waals surface area contributed by atoms with E-state index in [1.165, 1.54) is 18.4 Å². The number of carbonyl (C=O) groups is 2. The van der Waals surface area contributed by atoms with Gasteiger partial charge in [-0.25, -0.2) is 14.8 Å². The summed E-state index contributed by atoms with van der Waals surface area (Å²) >= 11 is 7.42. The van der Waals surface area contributed by atoms with E-state index in [0.717, 1.165) is 6.42 Å². The molecule has 2 N–H and O–H groups in total. The van der Waals surface area contributed by atoms with Crippen LogP contribution in [0.5, 0.6) is 0 Å². The molecule has 0 radical (unpaired) electrons. The van der Waals surface area contributed by atoms with Gasteiger partial charge in [-0.15, -0.1) is 0 Å². The number of anilines is 1. The second-order valence-electron chi connectivity index (χ2n) is 9.25. The van der Waals surface area contributed by atoms with Crippen LogP contribution in [0.25, 0.3) is 11.5 Å². The van der Waals surface area contributed by atoms with Gasteiger partial charge in [0.25, 0.3) is 5.91 Å². The number of amides is 1. The number of hydrogen-bond donors (Lipinski definition) is 2. The Morgan fingerprint density at radius 1 is 1.35 bits per heavy atom. The number of thiazole rings is 1. The van der Waals surface area contributed by atoms with Gasteiger partial charge in [0.1, 0.15) is 27.9 Å². The third-order valence-electron chi connectivity index (χ3n) is 6.58. The van der Waals surface area contributed by atoms with Crippen molar-refractivity contribution in [2.24, 2.45) is 0 Å². The maximum Gasteiger partial charge on any atom is 0.350 e. The van der Waals surface area contributed by atoms with Crippen LogP contribution in [0.15, 0.2) is 12.4 Å². The van der Waals surface area contributed by atoms with Crippen molar-refractivity contribution in [1.29, 1.82) is 5.26 Å². The SMILES string of the molecule is CCCOC1CN(c2nc(-c3nccn3CCOC)c(C(=O)OC)s2)CC[C@H]1NC(=O)c1[nH]c(C)c(Cl)c1C#N. The van der Waals surface area contributed by atoms with Crippen molar-refractivity contribution in [1.82, 2.24) is 24.8 Å². The summed E-state index contributed by atoms with van der Waals surface area (Å²) < 4.78 is 18.3. The maximum absolute atomic E-state index is 13.1. The topological polar surface area (TPSA) is 147 Å². The lowest BCUT2D eigenvalue weighted by Gasteiger charge is -2.38. The quantitative estimate of drug-likeness (QED) is 0.321. The van der Waals surface area contributed by atoms with E-state index < -0.39 is 11.9 Å². The van der Waals surface area contributed by atoms with Gasteiger partial charge in [-0.1, -0.05) is 29.9 Å². The zero-order chi connectivity index (χ0) is 28.8. The number of H-pyrrole nitrogens is 1. The number of nitrogens with one attached hydrogen (secondary N) is 2. The van der Waals surface area contributed by atoms with Crippen LogP contribution in [0.4, 0.5) is 5.13 Å². The van der Waals surface area contributed by atoms with Crippen molar-refractivity contribution in [3.63, 3.8) is 0 Å². The molecule has 0 bridgehead atoms. The molecule has 0 aliphatic carbocycles. The second kappa shape index (κ2) is 13.3. The first kappa shape index (κ1) is 29.5. The van der Waals surface area contributed by atoms with Gasteiger partial charge in [-0.2, -0.15) is 5.26 Å². The Bertz CT molecular complexity index is 1390. The van der Waals surface area contributed by atoms with Crippen LogP contribution in [-0.2, 0) is 20.8 Å². The Balaban J connectivity index is 1.58. The maximum atomic E-state index is 13.1. The average molecular weight is 590 g/mol. The predicted octanol–water partition coefficient (Wildman–Crippen LogP) is 3.41. The van der Waals surface area contributed by atoms with Crippen LogP contribution in [0, 0.1) is 18.3 Å². The monoisotopic (exact) mass is 589 g/mol. The molecule has 1 unspecified atom stereocenters. The Morgan fingerprint density at radius 3 is 2.85 bits per heavy atom. The van der Waals surface area contributed by atoms with Crippen LogP contribution < -0.4 is 10.2 Å². The first-order valence-electron chi connectivity index (χ1n) is 12.9. The normalized spacial score (nSPS) is 17.1. The number of aromatic nitrogens is 4. The molecule has 3 aromatic rings. The van der Waals surface area contributed by atoms with E-state index in [0.29, 0.717) is 66.5 Å². The molecular weight excluding hydrogens is 558 g/mol. The first-order valence-corrected chi connectivity index (χ1v) is 14.1. The van der Waals surface area contributed by atoms with Crippen molar-refractivity contribution >= 4 is 39.9 Å².